The van der Waals surface area contributed by atoms with Crippen molar-refractivity contribution in [3.63, 3.8) is 0 Å². The van der Waals surface area contributed by atoms with Gasteiger partial charge in [0.05, 0.1) is 17.2 Å². The summed E-state index contributed by atoms with van der Waals surface area (Å²) in [5.41, 5.74) is 12.5. The van der Waals surface area contributed by atoms with Crippen LogP contribution in [-0.4, -0.2) is 15.0 Å². The zero-order valence-electron chi connectivity index (χ0n) is 27.9. The van der Waals surface area contributed by atoms with Crippen molar-refractivity contribution in [2.24, 2.45) is 0 Å². The summed E-state index contributed by atoms with van der Waals surface area (Å²) >= 11 is 0. The number of furan rings is 1. The van der Waals surface area contributed by atoms with Gasteiger partial charge in [0.15, 0.2) is 17.5 Å². The molecule has 0 bridgehead atoms. The van der Waals surface area contributed by atoms with Crippen molar-refractivity contribution in [1.29, 1.82) is 5.26 Å². The molecule has 242 valence electrons. The molecule has 5 heteroatoms. The van der Waals surface area contributed by atoms with Crippen LogP contribution in [0.4, 0.5) is 0 Å². The molecule has 0 amide bonds. The Morgan fingerprint density at radius 1 is 0.510 bits per heavy atom. The molecule has 5 nitrogen and oxygen atoms in total. The Labute approximate surface area is 295 Å². The van der Waals surface area contributed by atoms with Gasteiger partial charge in [-0.05, 0) is 82.6 Å². The van der Waals surface area contributed by atoms with Crippen LogP contribution in [0.25, 0.3) is 78.4 Å². The van der Waals surface area contributed by atoms with Gasteiger partial charge in [0, 0.05) is 27.3 Å². The van der Waals surface area contributed by atoms with Crippen LogP contribution in [-0.2, 0) is 5.41 Å². The van der Waals surface area contributed by atoms with Gasteiger partial charge in [-0.1, -0.05) is 116 Å². The third kappa shape index (κ3) is 4.71. The fourth-order valence-corrected chi connectivity index (χ4v) is 8.54. The van der Waals surface area contributed by atoms with E-state index in [0.29, 0.717) is 17.5 Å². The molecule has 2 aliphatic rings. The van der Waals surface area contributed by atoms with Gasteiger partial charge in [-0.15, -0.1) is 0 Å². The maximum atomic E-state index is 9.76. The van der Waals surface area contributed by atoms with Crippen LogP contribution in [0.3, 0.4) is 0 Å². The Morgan fingerprint density at radius 2 is 1.16 bits per heavy atom. The second-order valence-electron chi connectivity index (χ2n) is 13.8. The Kier molecular flexibility index (Phi) is 6.72. The van der Waals surface area contributed by atoms with Crippen molar-refractivity contribution in [3.8, 4) is 62.5 Å². The molecule has 1 spiro atoms. The highest BCUT2D eigenvalue weighted by molar-refractivity contribution is 6.09. The van der Waals surface area contributed by atoms with E-state index in [1.165, 1.54) is 47.1 Å². The van der Waals surface area contributed by atoms with Gasteiger partial charge in [0.25, 0.3) is 0 Å². The molecular formula is C46H32N4O. The van der Waals surface area contributed by atoms with Crippen molar-refractivity contribution >= 4 is 21.9 Å². The van der Waals surface area contributed by atoms with Crippen LogP contribution < -0.4 is 0 Å². The molecule has 51 heavy (non-hydrogen) atoms. The number of aromatic nitrogens is 3. The lowest BCUT2D eigenvalue weighted by Gasteiger charge is -2.36. The average molecular weight is 657 g/mol. The van der Waals surface area contributed by atoms with Gasteiger partial charge in [-0.25, -0.2) is 15.0 Å². The summed E-state index contributed by atoms with van der Waals surface area (Å²) in [7, 11) is 0. The van der Waals surface area contributed by atoms with Crippen LogP contribution in [0, 0.1) is 11.3 Å². The number of rotatable bonds is 4. The van der Waals surface area contributed by atoms with Gasteiger partial charge in [0.2, 0.25) is 0 Å². The number of nitrogens with zero attached hydrogens (tertiary/aromatic N) is 4. The number of para-hydroxylation sites is 2. The summed E-state index contributed by atoms with van der Waals surface area (Å²) < 4.78 is 6.41. The maximum Gasteiger partial charge on any atom is 0.167 e. The van der Waals surface area contributed by atoms with E-state index in [9.17, 15) is 5.26 Å². The number of benzene rings is 6. The Morgan fingerprint density at radius 3 is 2.00 bits per heavy atom. The largest absolute Gasteiger partial charge is 0.455 e. The Balaban J connectivity index is 1.11. The van der Waals surface area contributed by atoms with E-state index >= 15 is 0 Å². The van der Waals surface area contributed by atoms with Crippen molar-refractivity contribution in [2.75, 3.05) is 0 Å². The fourth-order valence-electron chi connectivity index (χ4n) is 8.54. The van der Waals surface area contributed by atoms with Crippen LogP contribution >= 0.6 is 0 Å². The normalized spacial score (nSPS) is 14.4. The minimum absolute atomic E-state index is 0.0469. The first kappa shape index (κ1) is 29.5. The van der Waals surface area contributed by atoms with Gasteiger partial charge in [-0.2, -0.15) is 5.26 Å². The lowest BCUT2D eigenvalue weighted by atomic mass is 9.67. The third-order valence-electron chi connectivity index (χ3n) is 11.0. The zero-order chi connectivity index (χ0) is 33.9. The van der Waals surface area contributed by atoms with Gasteiger partial charge < -0.3 is 4.42 Å². The van der Waals surface area contributed by atoms with Crippen molar-refractivity contribution < 1.29 is 4.42 Å². The summed E-state index contributed by atoms with van der Waals surface area (Å²) in [4.78, 5) is 15.2. The van der Waals surface area contributed by atoms with E-state index in [2.05, 4.69) is 72.8 Å². The van der Waals surface area contributed by atoms with Crippen LogP contribution in [0.2, 0.25) is 0 Å². The van der Waals surface area contributed by atoms with E-state index in [1.807, 2.05) is 66.7 Å². The van der Waals surface area contributed by atoms with Crippen molar-refractivity contribution in [1.82, 2.24) is 15.0 Å². The molecule has 0 radical (unpaired) electrons. The Hall–Kier alpha value is -6.38. The molecule has 1 saturated carbocycles. The van der Waals surface area contributed by atoms with E-state index in [-0.39, 0.29) is 5.41 Å². The SMILES string of the molecule is N#Cc1ccc2c(c1)C1(CCCCC1)c1cc(-c3cccc(-c4nc(-c5ccccc5)nc(-c5cccc6c5oc5ccccc56)n4)c3)ccc1-2. The van der Waals surface area contributed by atoms with E-state index in [0.717, 1.165) is 62.6 Å². The molecule has 2 heterocycles. The second kappa shape index (κ2) is 11.6. The standard InChI is InChI=1S/C46H32N4O/c47-28-29-19-21-34-35-22-20-32(27-40(35)46(39(34)25-29)23-7-2-8-24-46)31-13-9-14-33(26-31)44-48-43(30-11-3-1-4-12-30)49-45(50-44)38-17-10-16-37-36-15-5-6-18-41(36)51-42(37)38/h1,3-6,9-22,25-27H,2,7-8,23-24H2. The first-order valence-electron chi connectivity index (χ1n) is 17.7. The van der Waals surface area contributed by atoms with Crippen LogP contribution in [0.5, 0.6) is 0 Å². The second-order valence-corrected chi connectivity index (χ2v) is 13.8. The molecule has 0 saturated heterocycles. The number of hydrogen-bond acceptors (Lipinski definition) is 5. The molecule has 2 aromatic heterocycles. The van der Waals surface area contributed by atoms with Gasteiger partial charge in [-0.3, -0.25) is 0 Å². The minimum Gasteiger partial charge on any atom is -0.455 e. The summed E-state index contributed by atoms with van der Waals surface area (Å²) in [6.45, 7) is 0. The highest BCUT2D eigenvalue weighted by Gasteiger charge is 2.44. The number of hydrogen-bond donors (Lipinski definition) is 0. The lowest BCUT2D eigenvalue weighted by molar-refractivity contribution is 0.353. The molecule has 6 aromatic carbocycles. The first-order chi connectivity index (χ1) is 25.2. The quantitative estimate of drug-likeness (QED) is 0.188. The highest BCUT2D eigenvalue weighted by Crippen LogP contribution is 2.56. The summed E-state index contributed by atoms with van der Waals surface area (Å²) in [6, 6.07) is 48.4. The van der Waals surface area contributed by atoms with Crippen molar-refractivity contribution in [3.05, 3.63) is 150 Å². The highest BCUT2D eigenvalue weighted by atomic mass is 16.3. The fraction of sp³-hybridized carbons (Fsp3) is 0.130. The van der Waals surface area contributed by atoms with E-state index in [4.69, 9.17) is 19.4 Å². The summed E-state index contributed by atoms with van der Waals surface area (Å²) in [6.07, 6.45) is 5.87. The molecular weight excluding hydrogens is 625 g/mol. The third-order valence-corrected chi connectivity index (χ3v) is 11.0. The molecule has 10 rings (SSSR count). The topological polar surface area (TPSA) is 75.6 Å². The van der Waals surface area contributed by atoms with Crippen LogP contribution in [0.15, 0.2) is 138 Å². The Bertz CT molecular complexity index is 2700. The molecule has 8 aromatic rings. The molecule has 0 atom stereocenters. The predicted molar refractivity (Wildman–Crippen MR) is 203 cm³/mol. The monoisotopic (exact) mass is 656 g/mol. The summed E-state index contributed by atoms with van der Waals surface area (Å²) in [5, 5.41) is 11.9. The van der Waals surface area contributed by atoms with Gasteiger partial charge >= 0.3 is 0 Å². The number of fused-ring (bicyclic) bond motifs is 8. The maximum absolute atomic E-state index is 9.76. The molecule has 2 aliphatic carbocycles. The predicted octanol–water partition coefficient (Wildman–Crippen LogP) is 11.5. The molecule has 1 fully saturated rings. The molecule has 0 unspecified atom stereocenters. The number of nitriles is 1. The van der Waals surface area contributed by atoms with Gasteiger partial charge in [0.1, 0.15) is 11.2 Å². The minimum atomic E-state index is -0.0469. The average Bonchev–Trinajstić information content (AvgIpc) is 3.71. The first-order valence-corrected chi connectivity index (χ1v) is 17.7. The van der Waals surface area contributed by atoms with Crippen molar-refractivity contribution in [2.45, 2.75) is 37.5 Å². The summed E-state index contributed by atoms with van der Waals surface area (Å²) in [5.74, 6) is 1.79. The molecule has 0 N–H and O–H groups in total. The molecule has 0 aliphatic heterocycles. The lowest BCUT2D eigenvalue weighted by Crippen LogP contribution is -2.28. The zero-order valence-corrected chi connectivity index (χ0v) is 27.9. The van der Waals surface area contributed by atoms with E-state index in [1.54, 1.807) is 0 Å². The smallest absolute Gasteiger partial charge is 0.167 e. The van der Waals surface area contributed by atoms with E-state index < -0.39 is 0 Å². The van der Waals surface area contributed by atoms with Crippen LogP contribution in [0.1, 0.15) is 48.8 Å².